The van der Waals surface area contributed by atoms with E-state index in [0.29, 0.717) is 16.3 Å². The second-order valence-electron chi connectivity index (χ2n) is 3.57. The summed E-state index contributed by atoms with van der Waals surface area (Å²) < 4.78 is 15.3. The van der Waals surface area contributed by atoms with E-state index >= 15 is 0 Å². The molecular formula is C12H7ClFN3. The van der Waals surface area contributed by atoms with Gasteiger partial charge in [-0.1, -0.05) is 11.6 Å². The van der Waals surface area contributed by atoms with Gasteiger partial charge in [0.2, 0.25) is 0 Å². The Morgan fingerprint density at radius 3 is 2.94 bits per heavy atom. The summed E-state index contributed by atoms with van der Waals surface area (Å²) >= 11 is 5.85. The van der Waals surface area contributed by atoms with Crippen molar-refractivity contribution in [3.63, 3.8) is 0 Å². The van der Waals surface area contributed by atoms with Crippen molar-refractivity contribution in [2.45, 2.75) is 0 Å². The summed E-state index contributed by atoms with van der Waals surface area (Å²) in [6.07, 6.45) is 3.35. The minimum absolute atomic E-state index is 0.346. The third-order valence-electron chi connectivity index (χ3n) is 2.46. The molecule has 5 heteroatoms. The van der Waals surface area contributed by atoms with Crippen LogP contribution < -0.4 is 0 Å². The van der Waals surface area contributed by atoms with Crippen LogP contribution >= 0.6 is 11.6 Å². The van der Waals surface area contributed by atoms with Crippen LogP contribution in [-0.4, -0.2) is 14.6 Å². The Kier molecular flexibility index (Phi) is 2.30. The molecule has 3 rings (SSSR count). The molecule has 2 heterocycles. The first-order chi connectivity index (χ1) is 8.24. The number of nitrogens with zero attached hydrogens (tertiary/aromatic N) is 3. The van der Waals surface area contributed by atoms with Gasteiger partial charge >= 0.3 is 0 Å². The van der Waals surface area contributed by atoms with Gasteiger partial charge in [-0.15, -0.1) is 0 Å². The van der Waals surface area contributed by atoms with Gasteiger partial charge < -0.3 is 0 Å². The second kappa shape index (κ2) is 3.82. The molecule has 84 valence electrons. The van der Waals surface area contributed by atoms with E-state index in [2.05, 4.69) is 10.1 Å². The van der Waals surface area contributed by atoms with Gasteiger partial charge in [0.1, 0.15) is 5.82 Å². The molecule has 0 atom stereocenters. The zero-order chi connectivity index (χ0) is 11.8. The van der Waals surface area contributed by atoms with E-state index in [1.807, 2.05) is 0 Å². The fourth-order valence-electron chi connectivity index (χ4n) is 1.65. The maximum Gasteiger partial charge on any atom is 0.153 e. The molecule has 0 N–H and O–H groups in total. The van der Waals surface area contributed by atoms with Crippen LogP contribution in [0.5, 0.6) is 0 Å². The lowest BCUT2D eigenvalue weighted by atomic mass is 10.1. The molecule has 0 aliphatic rings. The summed E-state index contributed by atoms with van der Waals surface area (Å²) in [6.45, 7) is 0. The van der Waals surface area contributed by atoms with E-state index in [0.717, 1.165) is 5.65 Å². The number of rotatable bonds is 1. The van der Waals surface area contributed by atoms with Crippen LogP contribution in [0.25, 0.3) is 16.9 Å². The molecule has 17 heavy (non-hydrogen) atoms. The summed E-state index contributed by atoms with van der Waals surface area (Å²) in [5, 5.41) is 4.74. The number of imidazole rings is 1. The molecule has 3 aromatic rings. The van der Waals surface area contributed by atoms with Crippen LogP contribution in [0.15, 0.2) is 42.7 Å². The fourth-order valence-corrected chi connectivity index (χ4v) is 1.82. The largest absolute Gasteiger partial charge is 0.236 e. The van der Waals surface area contributed by atoms with Gasteiger partial charge in [0, 0.05) is 23.0 Å². The summed E-state index contributed by atoms with van der Waals surface area (Å²) in [5.74, 6) is -0.346. The highest BCUT2D eigenvalue weighted by Crippen LogP contribution is 2.24. The van der Waals surface area contributed by atoms with E-state index < -0.39 is 0 Å². The fraction of sp³-hybridized carbons (Fsp3) is 0. The first kappa shape index (κ1) is 10.2. The molecule has 2 aromatic heterocycles. The highest BCUT2D eigenvalue weighted by molar-refractivity contribution is 6.30. The standard InChI is InChI=1S/C12H7ClFN3/c13-8-1-2-10(14)9(7-8)11-3-4-12-15-5-6-17(12)16-11/h1-7H. The number of aromatic nitrogens is 3. The third kappa shape index (κ3) is 1.76. The van der Waals surface area contributed by atoms with Crippen LogP contribution in [0.2, 0.25) is 5.02 Å². The van der Waals surface area contributed by atoms with Crippen LogP contribution in [0.3, 0.4) is 0 Å². The molecule has 0 radical (unpaired) electrons. The molecule has 0 fully saturated rings. The van der Waals surface area contributed by atoms with E-state index in [4.69, 9.17) is 11.6 Å². The minimum atomic E-state index is -0.346. The molecular weight excluding hydrogens is 241 g/mol. The number of fused-ring (bicyclic) bond motifs is 1. The first-order valence-electron chi connectivity index (χ1n) is 5.00. The van der Waals surface area contributed by atoms with Crippen molar-refractivity contribution in [2.24, 2.45) is 0 Å². The van der Waals surface area contributed by atoms with E-state index in [9.17, 15) is 4.39 Å². The molecule has 0 unspecified atom stereocenters. The van der Waals surface area contributed by atoms with Crippen LogP contribution in [0.1, 0.15) is 0 Å². The lowest BCUT2D eigenvalue weighted by Gasteiger charge is -2.03. The summed E-state index contributed by atoms with van der Waals surface area (Å²) in [4.78, 5) is 4.07. The van der Waals surface area contributed by atoms with Gasteiger partial charge in [-0.2, -0.15) is 5.10 Å². The smallest absolute Gasteiger partial charge is 0.153 e. The SMILES string of the molecule is Fc1ccc(Cl)cc1-c1ccc2nccn2n1. The van der Waals surface area contributed by atoms with Crippen molar-refractivity contribution in [3.8, 4) is 11.3 Å². The zero-order valence-corrected chi connectivity index (χ0v) is 9.39. The van der Waals surface area contributed by atoms with Crippen molar-refractivity contribution in [1.29, 1.82) is 0 Å². The molecule has 0 bridgehead atoms. The quantitative estimate of drug-likeness (QED) is 0.661. The van der Waals surface area contributed by atoms with Gasteiger partial charge in [-0.25, -0.2) is 13.9 Å². The Morgan fingerprint density at radius 1 is 1.18 bits per heavy atom. The molecule has 0 spiro atoms. The second-order valence-corrected chi connectivity index (χ2v) is 4.01. The molecule has 3 nitrogen and oxygen atoms in total. The van der Waals surface area contributed by atoms with E-state index in [1.54, 1.807) is 35.1 Å². The van der Waals surface area contributed by atoms with Crippen molar-refractivity contribution in [1.82, 2.24) is 14.6 Å². The van der Waals surface area contributed by atoms with Crippen LogP contribution in [-0.2, 0) is 0 Å². The maximum absolute atomic E-state index is 13.7. The number of hydrogen-bond acceptors (Lipinski definition) is 2. The maximum atomic E-state index is 13.7. The monoisotopic (exact) mass is 247 g/mol. The molecule has 0 saturated heterocycles. The average Bonchev–Trinajstić information content (AvgIpc) is 2.79. The van der Waals surface area contributed by atoms with Crippen LogP contribution in [0.4, 0.5) is 4.39 Å². The van der Waals surface area contributed by atoms with Crippen molar-refractivity contribution >= 4 is 17.2 Å². The molecule has 0 aliphatic heterocycles. The van der Waals surface area contributed by atoms with E-state index in [1.165, 1.54) is 12.1 Å². The Labute approximate surface area is 101 Å². The van der Waals surface area contributed by atoms with Crippen LogP contribution in [0, 0.1) is 5.82 Å². The lowest BCUT2D eigenvalue weighted by molar-refractivity contribution is 0.630. The molecule has 1 aromatic carbocycles. The number of hydrogen-bond donors (Lipinski definition) is 0. The highest BCUT2D eigenvalue weighted by atomic mass is 35.5. The zero-order valence-electron chi connectivity index (χ0n) is 8.64. The molecule has 0 aliphatic carbocycles. The summed E-state index contributed by atoms with van der Waals surface area (Å²) in [5.41, 5.74) is 1.62. The predicted molar refractivity (Wildman–Crippen MR) is 63.4 cm³/mol. The Morgan fingerprint density at radius 2 is 2.06 bits per heavy atom. The molecule has 0 saturated carbocycles. The number of halogens is 2. The van der Waals surface area contributed by atoms with Gasteiger partial charge in [-0.3, -0.25) is 0 Å². The Bertz CT molecular complexity index is 693. The van der Waals surface area contributed by atoms with Crippen molar-refractivity contribution in [2.75, 3.05) is 0 Å². The average molecular weight is 248 g/mol. The number of benzene rings is 1. The van der Waals surface area contributed by atoms with E-state index in [-0.39, 0.29) is 5.82 Å². The predicted octanol–water partition coefficient (Wildman–Crippen LogP) is 3.19. The topological polar surface area (TPSA) is 30.2 Å². The third-order valence-corrected chi connectivity index (χ3v) is 2.69. The van der Waals surface area contributed by atoms with Crippen molar-refractivity contribution < 1.29 is 4.39 Å². The van der Waals surface area contributed by atoms with Crippen molar-refractivity contribution in [3.05, 3.63) is 53.6 Å². The van der Waals surface area contributed by atoms with Gasteiger partial charge in [0.25, 0.3) is 0 Å². The van der Waals surface area contributed by atoms with Gasteiger partial charge in [0.15, 0.2) is 5.65 Å². The normalized spacial score (nSPS) is 10.9. The van der Waals surface area contributed by atoms with Gasteiger partial charge in [-0.05, 0) is 30.3 Å². The Balaban J connectivity index is 2.22. The summed E-state index contributed by atoms with van der Waals surface area (Å²) in [6, 6.07) is 7.90. The minimum Gasteiger partial charge on any atom is -0.236 e. The molecule has 0 amide bonds. The summed E-state index contributed by atoms with van der Waals surface area (Å²) in [7, 11) is 0. The highest BCUT2D eigenvalue weighted by Gasteiger charge is 2.08. The first-order valence-corrected chi connectivity index (χ1v) is 5.38. The lowest BCUT2D eigenvalue weighted by Crippen LogP contribution is -1.94. The Hall–Kier alpha value is -1.94. The van der Waals surface area contributed by atoms with Gasteiger partial charge in [0.05, 0.1) is 5.69 Å².